The van der Waals surface area contributed by atoms with Crippen LogP contribution in [0, 0.1) is 11.3 Å². The Bertz CT molecular complexity index is 741. The monoisotopic (exact) mass is 403 g/mol. The van der Waals surface area contributed by atoms with Crippen molar-refractivity contribution in [1.29, 1.82) is 0 Å². The second-order valence-electron chi connectivity index (χ2n) is 8.75. The highest BCUT2D eigenvalue weighted by atomic mass is 35.5. The van der Waals surface area contributed by atoms with Crippen molar-refractivity contribution < 1.29 is 14.6 Å². The molecule has 1 N–H and O–H groups in total. The first-order chi connectivity index (χ1) is 13.3. The van der Waals surface area contributed by atoms with Crippen LogP contribution >= 0.6 is 11.6 Å². The number of hydrogen-bond acceptors (Lipinski definition) is 3. The van der Waals surface area contributed by atoms with Gasteiger partial charge in [-0.2, -0.15) is 0 Å². The highest BCUT2D eigenvalue weighted by molar-refractivity contribution is 6.29. The number of halogens is 1. The zero-order valence-corrected chi connectivity index (χ0v) is 17.5. The standard InChI is InChI=1S/C23H30ClNO3/c1-4-5-18(24)10-11-23(2,3)15-28-21-13-20-12-17(21)14-25(20)19-8-6-16(7-9-19)22(26)27/h4-9,17,20-21H,1,10-15H2,2-3H3,(H,26,27)/b18-5+/t17-,20-,21+/m0/s1. The van der Waals surface area contributed by atoms with Crippen LogP contribution in [0.15, 0.2) is 48.0 Å². The van der Waals surface area contributed by atoms with Crippen molar-refractivity contribution in [2.75, 3.05) is 18.1 Å². The molecule has 3 rings (SSSR count). The van der Waals surface area contributed by atoms with Crippen LogP contribution in [0.5, 0.6) is 0 Å². The molecule has 0 amide bonds. The summed E-state index contributed by atoms with van der Waals surface area (Å²) in [6, 6.07) is 7.70. The first-order valence-corrected chi connectivity index (χ1v) is 10.4. The number of anilines is 1. The first-order valence-electron chi connectivity index (χ1n) is 9.98. The van der Waals surface area contributed by atoms with Crippen molar-refractivity contribution in [3.8, 4) is 0 Å². The molecule has 28 heavy (non-hydrogen) atoms. The van der Waals surface area contributed by atoms with E-state index in [0.717, 1.165) is 49.6 Å². The molecular weight excluding hydrogens is 374 g/mol. The number of ether oxygens (including phenoxy) is 1. The third-order valence-electron chi connectivity index (χ3n) is 5.95. The topological polar surface area (TPSA) is 49.8 Å². The van der Waals surface area contributed by atoms with Gasteiger partial charge in [-0.15, -0.1) is 0 Å². The molecule has 5 heteroatoms. The van der Waals surface area contributed by atoms with Crippen molar-refractivity contribution >= 4 is 23.3 Å². The van der Waals surface area contributed by atoms with Gasteiger partial charge in [0, 0.05) is 29.2 Å². The molecule has 152 valence electrons. The van der Waals surface area contributed by atoms with Crippen LogP contribution in [0.1, 0.15) is 49.9 Å². The molecule has 0 unspecified atom stereocenters. The normalized spacial score (nSPS) is 24.6. The molecule has 1 aromatic rings. The lowest BCUT2D eigenvalue weighted by Gasteiger charge is -2.35. The highest BCUT2D eigenvalue weighted by Crippen LogP contribution is 2.42. The number of rotatable bonds is 9. The third-order valence-corrected chi connectivity index (χ3v) is 6.27. The van der Waals surface area contributed by atoms with Crippen molar-refractivity contribution in [2.45, 2.75) is 51.7 Å². The molecular formula is C23H30ClNO3. The number of carboxylic acids is 1. The Morgan fingerprint density at radius 3 is 2.64 bits per heavy atom. The van der Waals surface area contributed by atoms with Crippen molar-refractivity contribution in [2.24, 2.45) is 11.3 Å². The Kier molecular flexibility index (Phi) is 6.51. The van der Waals surface area contributed by atoms with Gasteiger partial charge in [-0.3, -0.25) is 0 Å². The predicted octanol–water partition coefficient (Wildman–Crippen LogP) is 5.48. The fourth-order valence-corrected chi connectivity index (χ4v) is 4.48. The number of carboxylic acid groups (broad SMARTS) is 1. The maximum atomic E-state index is 11.0. The molecule has 1 aliphatic heterocycles. The van der Waals surface area contributed by atoms with Crippen LogP contribution < -0.4 is 4.90 Å². The molecule has 1 saturated heterocycles. The Morgan fingerprint density at radius 1 is 1.36 bits per heavy atom. The lowest BCUT2D eigenvalue weighted by molar-refractivity contribution is -0.0205. The molecule has 0 aromatic heterocycles. The summed E-state index contributed by atoms with van der Waals surface area (Å²) in [6.07, 6.45) is 7.92. The van der Waals surface area contributed by atoms with E-state index in [9.17, 15) is 4.79 Å². The summed E-state index contributed by atoms with van der Waals surface area (Å²) < 4.78 is 6.34. The summed E-state index contributed by atoms with van der Waals surface area (Å²) in [7, 11) is 0. The lowest BCUT2D eigenvalue weighted by Crippen LogP contribution is -2.39. The van der Waals surface area contributed by atoms with Crippen LogP contribution in [0.4, 0.5) is 5.69 Å². The minimum Gasteiger partial charge on any atom is -0.478 e. The van der Waals surface area contributed by atoms with Gasteiger partial charge in [-0.25, -0.2) is 4.79 Å². The molecule has 1 aliphatic carbocycles. The smallest absolute Gasteiger partial charge is 0.335 e. The average molecular weight is 404 g/mol. The Hall–Kier alpha value is -1.78. The van der Waals surface area contributed by atoms with Gasteiger partial charge >= 0.3 is 5.97 Å². The molecule has 2 bridgehead atoms. The summed E-state index contributed by atoms with van der Waals surface area (Å²) in [4.78, 5) is 13.4. The molecule has 1 aromatic carbocycles. The predicted molar refractivity (Wildman–Crippen MR) is 114 cm³/mol. The Labute approximate surface area is 172 Å². The van der Waals surface area contributed by atoms with Crippen LogP contribution in [-0.2, 0) is 4.74 Å². The van der Waals surface area contributed by atoms with E-state index in [2.05, 4.69) is 25.3 Å². The summed E-state index contributed by atoms with van der Waals surface area (Å²) in [5.74, 6) is -0.337. The summed E-state index contributed by atoms with van der Waals surface area (Å²) >= 11 is 6.18. The average Bonchev–Trinajstić information content (AvgIpc) is 3.26. The molecule has 0 spiro atoms. The molecule has 2 aliphatic rings. The van der Waals surface area contributed by atoms with Gasteiger partial charge in [-0.05, 0) is 61.4 Å². The van der Waals surface area contributed by atoms with E-state index in [4.69, 9.17) is 21.4 Å². The quantitative estimate of drug-likeness (QED) is 0.554. The minimum absolute atomic E-state index is 0.0866. The summed E-state index contributed by atoms with van der Waals surface area (Å²) in [5.41, 5.74) is 1.53. The first kappa shape index (κ1) is 20.9. The molecule has 4 nitrogen and oxygen atoms in total. The number of benzene rings is 1. The van der Waals surface area contributed by atoms with Gasteiger partial charge in [0.1, 0.15) is 0 Å². The lowest BCUT2D eigenvalue weighted by atomic mass is 9.88. The molecule has 1 saturated carbocycles. The van der Waals surface area contributed by atoms with Gasteiger partial charge in [0.15, 0.2) is 0 Å². The van der Waals surface area contributed by atoms with E-state index in [1.165, 1.54) is 0 Å². The Morgan fingerprint density at radius 2 is 2.07 bits per heavy atom. The van der Waals surface area contributed by atoms with Gasteiger partial charge in [-0.1, -0.05) is 38.1 Å². The van der Waals surface area contributed by atoms with Crippen LogP contribution in [0.25, 0.3) is 0 Å². The maximum absolute atomic E-state index is 11.0. The number of aromatic carboxylic acids is 1. The number of nitrogens with zero attached hydrogens (tertiary/aromatic N) is 1. The molecule has 0 radical (unpaired) electrons. The second-order valence-corrected chi connectivity index (χ2v) is 9.24. The van der Waals surface area contributed by atoms with E-state index in [1.807, 2.05) is 18.2 Å². The zero-order valence-electron chi connectivity index (χ0n) is 16.7. The molecule has 2 fully saturated rings. The van der Waals surface area contributed by atoms with Crippen molar-refractivity contribution in [1.82, 2.24) is 0 Å². The fourth-order valence-electron chi connectivity index (χ4n) is 4.30. The van der Waals surface area contributed by atoms with E-state index in [-0.39, 0.29) is 5.41 Å². The second kappa shape index (κ2) is 8.71. The van der Waals surface area contributed by atoms with Crippen LogP contribution in [-0.4, -0.2) is 36.4 Å². The molecule has 3 atom stereocenters. The van der Waals surface area contributed by atoms with Gasteiger partial charge in [0.05, 0.1) is 18.3 Å². The van der Waals surface area contributed by atoms with E-state index >= 15 is 0 Å². The van der Waals surface area contributed by atoms with Gasteiger partial charge < -0.3 is 14.7 Å². The van der Waals surface area contributed by atoms with Crippen LogP contribution in [0.3, 0.4) is 0 Å². The van der Waals surface area contributed by atoms with E-state index < -0.39 is 5.97 Å². The van der Waals surface area contributed by atoms with Crippen molar-refractivity contribution in [3.05, 3.63) is 53.6 Å². The largest absolute Gasteiger partial charge is 0.478 e. The summed E-state index contributed by atoms with van der Waals surface area (Å²) in [5, 5.41) is 9.90. The van der Waals surface area contributed by atoms with Gasteiger partial charge in [0.2, 0.25) is 0 Å². The molecule has 1 heterocycles. The highest BCUT2D eigenvalue weighted by Gasteiger charge is 2.45. The van der Waals surface area contributed by atoms with Gasteiger partial charge in [0.25, 0.3) is 0 Å². The minimum atomic E-state index is -0.883. The maximum Gasteiger partial charge on any atom is 0.335 e. The number of piperidine rings is 1. The number of allylic oxidation sites excluding steroid dienone is 3. The number of carbonyl (C=O) groups is 1. The van der Waals surface area contributed by atoms with E-state index in [1.54, 1.807) is 18.2 Å². The Balaban J connectivity index is 1.49. The zero-order chi connectivity index (χ0) is 20.3. The number of hydrogen-bond donors (Lipinski definition) is 1. The van der Waals surface area contributed by atoms with E-state index in [0.29, 0.717) is 23.6 Å². The fraction of sp³-hybridized carbons (Fsp3) is 0.522. The third kappa shape index (κ3) is 4.98. The SMILES string of the molecule is C=C/C=C(/Cl)CCC(C)(C)CO[C@@H]1C[C@@H]2C[C@H]1CN2c1ccc(C(=O)O)cc1. The summed E-state index contributed by atoms with van der Waals surface area (Å²) in [6.45, 7) is 9.87. The number of fused-ring (bicyclic) bond motifs is 2. The van der Waals surface area contributed by atoms with Crippen LogP contribution in [0.2, 0.25) is 0 Å². The van der Waals surface area contributed by atoms with Crippen molar-refractivity contribution in [3.63, 3.8) is 0 Å².